The first kappa shape index (κ1) is 15.7. The lowest BCUT2D eigenvalue weighted by Gasteiger charge is -2.28. The number of carbonyl (C=O) groups is 2. The van der Waals surface area contributed by atoms with Crippen molar-refractivity contribution in [1.82, 2.24) is 4.90 Å². The first-order chi connectivity index (χ1) is 9.28. The van der Waals surface area contributed by atoms with Crippen molar-refractivity contribution in [1.29, 1.82) is 5.26 Å². The van der Waals surface area contributed by atoms with Crippen LogP contribution in [0.4, 0.5) is 4.79 Å². The maximum Gasteiger partial charge on any atom is 0.410 e. The average Bonchev–Trinajstić information content (AvgIpc) is 2.37. The summed E-state index contributed by atoms with van der Waals surface area (Å²) in [6.07, 6.45) is 0.0670. The summed E-state index contributed by atoms with van der Waals surface area (Å²) in [5.41, 5.74) is 0.382. The first-order valence-corrected chi connectivity index (χ1v) is 6.19. The van der Waals surface area contributed by atoms with Gasteiger partial charge in [0.25, 0.3) is 0 Å². The zero-order chi connectivity index (χ0) is 15.3. The number of nitrogens with zero attached hydrogens (tertiary/aromatic N) is 2. The van der Waals surface area contributed by atoms with Crippen LogP contribution < -0.4 is 0 Å². The molecule has 0 N–H and O–H groups in total. The maximum absolute atomic E-state index is 12.0. The van der Waals surface area contributed by atoms with Crippen molar-refractivity contribution in [2.45, 2.75) is 32.4 Å². The second-order valence-electron chi connectivity index (χ2n) is 5.41. The zero-order valence-electron chi connectivity index (χ0n) is 12.1. The minimum absolute atomic E-state index is 0.437. The number of aldehydes is 1. The standard InChI is InChI=1S/C15H18N2O3/c1-15(2,3)20-14(19)17(4)13(10-18)12-7-5-6-11(8-12)9-16/h5-8,10,13H,1-4H3. The second kappa shape index (κ2) is 6.20. The van der Waals surface area contributed by atoms with Crippen LogP contribution in [-0.2, 0) is 9.53 Å². The van der Waals surface area contributed by atoms with Crippen molar-refractivity contribution in [3.63, 3.8) is 0 Å². The SMILES string of the molecule is CN(C(=O)OC(C)(C)C)C(C=O)c1cccc(C#N)c1. The normalized spacial score (nSPS) is 12.2. The van der Waals surface area contributed by atoms with E-state index >= 15 is 0 Å². The number of rotatable bonds is 3. The van der Waals surface area contributed by atoms with Gasteiger partial charge < -0.3 is 9.53 Å². The highest BCUT2D eigenvalue weighted by molar-refractivity contribution is 5.74. The molecule has 0 saturated carbocycles. The Bertz CT molecular complexity index is 541. The minimum atomic E-state index is -0.779. The predicted octanol–water partition coefficient (Wildman–Crippen LogP) is 2.67. The highest BCUT2D eigenvalue weighted by atomic mass is 16.6. The summed E-state index contributed by atoms with van der Waals surface area (Å²) in [4.78, 5) is 24.5. The molecule has 20 heavy (non-hydrogen) atoms. The van der Waals surface area contributed by atoms with Gasteiger partial charge in [0.15, 0.2) is 0 Å². The summed E-state index contributed by atoms with van der Waals surface area (Å²) < 4.78 is 5.22. The maximum atomic E-state index is 12.0. The molecule has 5 nitrogen and oxygen atoms in total. The summed E-state index contributed by atoms with van der Waals surface area (Å²) in [6, 6.07) is 7.81. The molecule has 0 aliphatic heterocycles. The molecule has 0 aromatic heterocycles. The van der Waals surface area contributed by atoms with Gasteiger partial charge in [-0.2, -0.15) is 5.26 Å². The third-order valence-corrected chi connectivity index (χ3v) is 2.58. The van der Waals surface area contributed by atoms with Crippen molar-refractivity contribution >= 4 is 12.4 Å². The number of ether oxygens (including phenoxy) is 1. The van der Waals surface area contributed by atoms with Crippen molar-refractivity contribution in [3.8, 4) is 6.07 Å². The Morgan fingerprint density at radius 2 is 2.10 bits per heavy atom. The van der Waals surface area contributed by atoms with Crippen LogP contribution in [0.3, 0.4) is 0 Å². The third kappa shape index (κ3) is 4.09. The fourth-order valence-corrected chi connectivity index (χ4v) is 1.63. The highest BCUT2D eigenvalue weighted by Crippen LogP contribution is 2.20. The molecule has 106 valence electrons. The van der Waals surface area contributed by atoms with Gasteiger partial charge in [-0.15, -0.1) is 0 Å². The summed E-state index contributed by atoms with van der Waals surface area (Å²) >= 11 is 0. The van der Waals surface area contributed by atoms with E-state index in [-0.39, 0.29) is 0 Å². The van der Waals surface area contributed by atoms with Crippen molar-refractivity contribution < 1.29 is 14.3 Å². The average molecular weight is 274 g/mol. The largest absolute Gasteiger partial charge is 0.444 e. The number of amides is 1. The lowest BCUT2D eigenvalue weighted by molar-refractivity contribution is -0.112. The Kier molecular flexibility index (Phi) is 4.87. The van der Waals surface area contributed by atoms with Crippen molar-refractivity contribution in [2.24, 2.45) is 0 Å². The third-order valence-electron chi connectivity index (χ3n) is 2.58. The Morgan fingerprint density at radius 1 is 1.45 bits per heavy atom. The number of carbonyl (C=O) groups excluding carboxylic acids is 2. The molecule has 0 fully saturated rings. The number of hydrogen-bond acceptors (Lipinski definition) is 4. The minimum Gasteiger partial charge on any atom is -0.444 e. The van der Waals surface area contributed by atoms with E-state index in [1.54, 1.807) is 45.0 Å². The van der Waals surface area contributed by atoms with Crippen LogP contribution in [0, 0.1) is 11.3 Å². The molecule has 1 aromatic carbocycles. The van der Waals surface area contributed by atoms with Crippen LogP contribution in [-0.4, -0.2) is 29.9 Å². The van der Waals surface area contributed by atoms with Gasteiger partial charge in [-0.25, -0.2) is 4.79 Å². The fourth-order valence-electron chi connectivity index (χ4n) is 1.63. The van der Waals surface area contributed by atoms with Crippen LogP contribution in [0.5, 0.6) is 0 Å². The molecule has 0 bridgehead atoms. The molecular weight excluding hydrogens is 256 g/mol. The molecule has 0 saturated heterocycles. The van der Waals surface area contributed by atoms with E-state index in [0.717, 1.165) is 0 Å². The Morgan fingerprint density at radius 3 is 2.60 bits per heavy atom. The highest BCUT2D eigenvalue weighted by Gasteiger charge is 2.26. The van der Waals surface area contributed by atoms with Gasteiger partial charge in [0.05, 0.1) is 11.6 Å². The second-order valence-corrected chi connectivity index (χ2v) is 5.41. The van der Waals surface area contributed by atoms with Crippen LogP contribution in [0.1, 0.15) is 37.9 Å². The molecule has 0 aliphatic rings. The van der Waals surface area contributed by atoms with E-state index in [2.05, 4.69) is 0 Å². The Balaban J connectivity index is 2.98. The molecule has 0 radical (unpaired) electrons. The smallest absolute Gasteiger partial charge is 0.410 e. The van der Waals surface area contributed by atoms with Gasteiger partial charge in [-0.3, -0.25) is 4.90 Å². The number of likely N-dealkylation sites (N-methyl/N-ethyl adjacent to an activating group) is 1. The number of hydrogen-bond donors (Lipinski definition) is 0. The Labute approximate surface area is 118 Å². The van der Waals surface area contributed by atoms with Crippen LogP contribution in [0.25, 0.3) is 0 Å². The molecule has 0 aliphatic carbocycles. The quantitative estimate of drug-likeness (QED) is 0.794. The monoisotopic (exact) mass is 274 g/mol. The molecule has 1 rings (SSSR count). The van der Waals surface area contributed by atoms with Gasteiger partial charge in [0, 0.05) is 7.05 Å². The fraction of sp³-hybridized carbons (Fsp3) is 0.400. The van der Waals surface area contributed by atoms with Gasteiger partial charge in [0.2, 0.25) is 0 Å². The van der Waals surface area contributed by atoms with Crippen molar-refractivity contribution in [3.05, 3.63) is 35.4 Å². The van der Waals surface area contributed by atoms with Gasteiger partial charge in [-0.1, -0.05) is 12.1 Å². The van der Waals surface area contributed by atoms with Crippen molar-refractivity contribution in [2.75, 3.05) is 7.05 Å². The predicted molar refractivity (Wildman–Crippen MR) is 74.0 cm³/mol. The van der Waals surface area contributed by atoms with E-state index in [4.69, 9.17) is 10.00 Å². The zero-order valence-corrected chi connectivity index (χ0v) is 12.1. The molecular formula is C15H18N2O3. The van der Waals surface area contributed by atoms with E-state index in [9.17, 15) is 9.59 Å². The molecule has 0 heterocycles. The van der Waals surface area contributed by atoms with E-state index in [0.29, 0.717) is 17.4 Å². The molecule has 0 spiro atoms. The first-order valence-electron chi connectivity index (χ1n) is 6.19. The van der Waals surface area contributed by atoms with E-state index < -0.39 is 17.7 Å². The molecule has 1 atom stereocenters. The molecule has 1 aromatic rings. The topological polar surface area (TPSA) is 70.4 Å². The summed E-state index contributed by atoms with van der Waals surface area (Å²) in [5, 5.41) is 8.87. The Hall–Kier alpha value is -2.35. The van der Waals surface area contributed by atoms with Crippen LogP contribution >= 0.6 is 0 Å². The summed E-state index contributed by atoms with van der Waals surface area (Å²) in [7, 11) is 1.49. The summed E-state index contributed by atoms with van der Waals surface area (Å²) in [5.74, 6) is 0. The molecule has 5 heteroatoms. The van der Waals surface area contributed by atoms with Gasteiger partial charge in [0.1, 0.15) is 17.9 Å². The lowest BCUT2D eigenvalue weighted by atomic mass is 10.0. The number of nitriles is 1. The van der Waals surface area contributed by atoms with E-state index in [1.165, 1.54) is 11.9 Å². The lowest BCUT2D eigenvalue weighted by Crippen LogP contribution is -2.37. The number of benzene rings is 1. The molecule has 1 unspecified atom stereocenters. The van der Waals surface area contributed by atoms with Gasteiger partial charge >= 0.3 is 6.09 Å². The van der Waals surface area contributed by atoms with Crippen LogP contribution in [0.15, 0.2) is 24.3 Å². The van der Waals surface area contributed by atoms with Crippen LogP contribution in [0.2, 0.25) is 0 Å². The molecule has 1 amide bonds. The van der Waals surface area contributed by atoms with E-state index in [1.807, 2.05) is 6.07 Å². The van der Waals surface area contributed by atoms with Gasteiger partial charge in [-0.05, 0) is 38.5 Å². The summed E-state index contributed by atoms with van der Waals surface area (Å²) in [6.45, 7) is 5.26.